The average molecular weight is 310 g/mol. The number of nitrogens with one attached hydrogen (secondary N) is 1. The summed E-state index contributed by atoms with van der Waals surface area (Å²) in [4.78, 5) is 10.4. The molecule has 0 aromatic heterocycles. The van der Waals surface area contributed by atoms with Crippen molar-refractivity contribution in [3.63, 3.8) is 0 Å². The number of ether oxygens (including phenoxy) is 1. The van der Waals surface area contributed by atoms with Gasteiger partial charge >= 0.3 is 0 Å². The van der Waals surface area contributed by atoms with Crippen LogP contribution in [-0.4, -0.2) is 33.6 Å². The van der Waals surface area contributed by atoms with Crippen molar-refractivity contribution in [2.75, 3.05) is 13.2 Å². The number of hydrogen-bond acceptors (Lipinski definition) is 5. The number of hydrogen-bond donors (Lipinski definition) is 1. The van der Waals surface area contributed by atoms with Gasteiger partial charge in [0.25, 0.3) is 0 Å². The van der Waals surface area contributed by atoms with Crippen LogP contribution in [0.4, 0.5) is 0 Å². The first-order chi connectivity index (χ1) is 9.97. The zero-order valence-corrected chi connectivity index (χ0v) is 12.1. The predicted octanol–water partition coefficient (Wildman–Crippen LogP) is -0.0930. The van der Waals surface area contributed by atoms with Crippen LogP contribution < -0.4 is 9.83 Å². The third-order valence-corrected chi connectivity index (χ3v) is 4.57. The van der Waals surface area contributed by atoms with E-state index in [4.69, 9.17) is 4.74 Å². The quantitative estimate of drug-likeness (QED) is 0.741. The SMILES string of the molecule is O=C([O-])C=Cc1ccc(S(=O)(=O)NCC2CCCO2)cc1. The molecule has 7 heteroatoms. The van der Waals surface area contributed by atoms with Crippen molar-refractivity contribution in [3.05, 3.63) is 35.9 Å². The van der Waals surface area contributed by atoms with Crippen molar-refractivity contribution in [2.24, 2.45) is 0 Å². The maximum absolute atomic E-state index is 12.1. The summed E-state index contributed by atoms with van der Waals surface area (Å²) in [6.45, 7) is 0.931. The van der Waals surface area contributed by atoms with Crippen molar-refractivity contribution in [2.45, 2.75) is 23.8 Å². The van der Waals surface area contributed by atoms with Gasteiger partial charge in [-0.2, -0.15) is 0 Å². The zero-order chi connectivity index (χ0) is 15.3. The standard InChI is InChI=1S/C14H17NO5S/c16-14(17)8-5-11-3-6-13(7-4-11)21(18,19)15-10-12-2-1-9-20-12/h3-8,12,15H,1-2,9-10H2,(H,16,17)/p-1. The third kappa shape index (κ3) is 4.66. The highest BCUT2D eigenvalue weighted by Crippen LogP contribution is 2.14. The summed E-state index contributed by atoms with van der Waals surface area (Å²) in [5.41, 5.74) is 0.581. The van der Waals surface area contributed by atoms with E-state index in [1.807, 2.05) is 0 Å². The molecule has 1 saturated heterocycles. The van der Waals surface area contributed by atoms with Crippen LogP contribution in [0.5, 0.6) is 0 Å². The Labute approximate surface area is 123 Å². The molecule has 1 aromatic rings. The fraction of sp³-hybridized carbons (Fsp3) is 0.357. The van der Waals surface area contributed by atoms with Gasteiger partial charge in [0, 0.05) is 13.2 Å². The van der Waals surface area contributed by atoms with E-state index in [0.717, 1.165) is 18.9 Å². The minimum atomic E-state index is -3.58. The first-order valence-corrected chi connectivity index (χ1v) is 8.06. The molecule has 1 fully saturated rings. The molecule has 1 N–H and O–H groups in total. The number of carbonyl (C=O) groups excluding carboxylic acids is 1. The summed E-state index contributed by atoms with van der Waals surface area (Å²) in [7, 11) is -3.58. The molecule has 0 bridgehead atoms. The smallest absolute Gasteiger partial charge is 0.240 e. The fourth-order valence-electron chi connectivity index (χ4n) is 2.01. The molecule has 21 heavy (non-hydrogen) atoms. The molecule has 1 atom stereocenters. The van der Waals surface area contributed by atoms with E-state index in [9.17, 15) is 18.3 Å². The minimum Gasteiger partial charge on any atom is -0.545 e. The molecule has 1 aromatic carbocycles. The van der Waals surface area contributed by atoms with Gasteiger partial charge in [-0.1, -0.05) is 18.2 Å². The van der Waals surface area contributed by atoms with Crippen LogP contribution in [0.2, 0.25) is 0 Å². The van der Waals surface area contributed by atoms with E-state index >= 15 is 0 Å². The van der Waals surface area contributed by atoms with Crippen LogP contribution in [0, 0.1) is 0 Å². The molecule has 0 radical (unpaired) electrons. The number of sulfonamides is 1. The second kappa shape index (κ2) is 6.84. The van der Waals surface area contributed by atoms with Gasteiger partial charge in [-0.05, 0) is 36.6 Å². The molecule has 1 aliphatic heterocycles. The van der Waals surface area contributed by atoms with Gasteiger partial charge in [-0.15, -0.1) is 0 Å². The molecule has 0 amide bonds. The summed E-state index contributed by atoms with van der Waals surface area (Å²) in [5.74, 6) is -1.30. The molecule has 6 nitrogen and oxygen atoms in total. The van der Waals surface area contributed by atoms with Gasteiger partial charge in [0.05, 0.1) is 17.0 Å². The number of carbonyl (C=O) groups is 1. The van der Waals surface area contributed by atoms with Crippen LogP contribution in [0.1, 0.15) is 18.4 Å². The predicted molar refractivity (Wildman–Crippen MR) is 74.6 cm³/mol. The second-order valence-corrected chi connectivity index (χ2v) is 6.48. The average Bonchev–Trinajstić information content (AvgIpc) is 2.97. The zero-order valence-electron chi connectivity index (χ0n) is 11.3. The summed E-state index contributed by atoms with van der Waals surface area (Å²) in [6.07, 6.45) is 3.97. The van der Waals surface area contributed by atoms with Crippen molar-refractivity contribution >= 4 is 22.1 Å². The van der Waals surface area contributed by atoms with Gasteiger partial charge in [0.2, 0.25) is 10.0 Å². The lowest BCUT2D eigenvalue weighted by molar-refractivity contribution is -0.297. The van der Waals surface area contributed by atoms with Crippen LogP contribution in [-0.2, 0) is 19.6 Å². The molecule has 114 valence electrons. The fourth-order valence-corrected chi connectivity index (χ4v) is 3.08. The molecular formula is C14H16NO5S-. The van der Waals surface area contributed by atoms with Gasteiger partial charge in [-0.25, -0.2) is 13.1 Å². The van der Waals surface area contributed by atoms with E-state index in [-0.39, 0.29) is 17.5 Å². The summed E-state index contributed by atoms with van der Waals surface area (Å²) in [6, 6.07) is 5.90. The van der Waals surface area contributed by atoms with E-state index in [2.05, 4.69) is 4.72 Å². The molecule has 0 saturated carbocycles. The highest BCUT2D eigenvalue weighted by molar-refractivity contribution is 7.89. The van der Waals surface area contributed by atoms with Crippen molar-refractivity contribution < 1.29 is 23.1 Å². The third-order valence-electron chi connectivity index (χ3n) is 3.13. The highest BCUT2D eigenvalue weighted by Gasteiger charge is 2.19. The van der Waals surface area contributed by atoms with E-state index in [1.54, 1.807) is 0 Å². The normalized spacial score (nSPS) is 19.1. The van der Waals surface area contributed by atoms with Crippen LogP contribution in [0.3, 0.4) is 0 Å². The number of rotatable bonds is 6. The number of aliphatic carboxylic acids is 1. The Morgan fingerprint density at radius 1 is 1.38 bits per heavy atom. The van der Waals surface area contributed by atoms with Gasteiger partial charge in [-0.3, -0.25) is 0 Å². The lowest BCUT2D eigenvalue weighted by Crippen LogP contribution is -2.31. The molecule has 1 aliphatic rings. The topological polar surface area (TPSA) is 95.5 Å². The van der Waals surface area contributed by atoms with Crippen LogP contribution in [0.25, 0.3) is 6.08 Å². The van der Waals surface area contributed by atoms with Crippen molar-refractivity contribution in [1.82, 2.24) is 4.72 Å². The molecule has 0 aliphatic carbocycles. The number of carboxylic acid groups (broad SMARTS) is 1. The first kappa shape index (κ1) is 15.7. The Morgan fingerprint density at radius 3 is 2.67 bits per heavy atom. The maximum Gasteiger partial charge on any atom is 0.240 e. The largest absolute Gasteiger partial charge is 0.545 e. The van der Waals surface area contributed by atoms with E-state index in [0.29, 0.717) is 12.2 Å². The van der Waals surface area contributed by atoms with Crippen LogP contribution >= 0.6 is 0 Å². The lowest BCUT2D eigenvalue weighted by atomic mass is 10.2. The summed E-state index contributed by atoms with van der Waals surface area (Å²) < 4.78 is 32.0. The van der Waals surface area contributed by atoms with Gasteiger partial charge in [0.1, 0.15) is 0 Å². The Bertz CT molecular complexity index is 615. The maximum atomic E-state index is 12.1. The van der Waals surface area contributed by atoms with E-state index in [1.165, 1.54) is 30.3 Å². The minimum absolute atomic E-state index is 0.0648. The molecular weight excluding hydrogens is 294 g/mol. The van der Waals surface area contributed by atoms with Crippen molar-refractivity contribution in [3.8, 4) is 0 Å². The molecule has 2 rings (SSSR count). The molecule has 0 spiro atoms. The molecule has 1 heterocycles. The Hall–Kier alpha value is -1.70. The van der Waals surface area contributed by atoms with Crippen molar-refractivity contribution in [1.29, 1.82) is 0 Å². The lowest BCUT2D eigenvalue weighted by Gasteiger charge is -2.11. The van der Waals surface area contributed by atoms with Gasteiger partial charge < -0.3 is 14.6 Å². The highest BCUT2D eigenvalue weighted by atomic mass is 32.2. The van der Waals surface area contributed by atoms with Gasteiger partial charge in [0.15, 0.2) is 0 Å². The van der Waals surface area contributed by atoms with Crippen LogP contribution in [0.15, 0.2) is 35.2 Å². The summed E-state index contributed by atoms with van der Waals surface area (Å²) in [5, 5.41) is 10.3. The number of carboxylic acids is 1. The Balaban J connectivity index is 2.00. The second-order valence-electron chi connectivity index (χ2n) is 4.71. The Morgan fingerprint density at radius 2 is 2.10 bits per heavy atom. The first-order valence-electron chi connectivity index (χ1n) is 6.58. The number of benzene rings is 1. The van der Waals surface area contributed by atoms with E-state index < -0.39 is 16.0 Å². The summed E-state index contributed by atoms with van der Waals surface area (Å²) >= 11 is 0. The molecule has 1 unspecified atom stereocenters. The Kier molecular flexibility index (Phi) is 5.11. The monoisotopic (exact) mass is 310 g/mol.